The SMILES string of the molecule is CC[C@@H](NC(=O)c1ccc(C2CC2)c(OCC2CC2)n1)C(N)=NC(C)=O. The van der Waals surface area contributed by atoms with Crippen LogP contribution in [-0.4, -0.2) is 35.3 Å². The van der Waals surface area contributed by atoms with Gasteiger partial charge in [-0.3, -0.25) is 9.59 Å². The minimum Gasteiger partial charge on any atom is -0.477 e. The third-order valence-electron chi connectivity index (χ3n) is 4.65. The Balaban J connectivity index is 1.73. The quantitative estimate of drug-likeness (QED) is 0.547. The van der Waals surface area contributed by atoms with Crippen LogP contribution in [0.5, 0.6) is 5.88 Å². The Morgan fingerprint density at radius 1 is 1.35 bits per heavy atom. The summed E-state index contributed by atoms with van der Waals surface area (Å²) in [5, 5.41) is 2.79. The fourth-order valence-electron chi connectivity index (χ4n) is 2.76. The normalized spacial score (nSPS) is 18.3. The summed E-state index contributed by atoms with van der Waals surface area (Å²) in [5.74, 6) is 1.05. The van der Waals surface area contributed by atoms with Gasteiger partial charge in [-0.25, -0.2) is 4.98 Å². The molecule has 1 aromatic rings. The first-order chi connectivity index (χ1) is 12.5. The van der Waals surface area contributed by atoms with Crippen molar-refractivity contribution in [1.29, 1.82) is 0 Å². The van der Waals surface area contributed by atoms with Crippen molar-refractivity contribution in [2.75, 3.05) is 6.61 Å². The molecule has 2 aliphatic carbocycles. The topological polar surface area (TPSA) is 107 Å². The monoisotopic (exact) mass is 358 g/mol. The summed E-state index contributed by atoms with van der Waals surface area (Å²) in [6, 6.07) is 3.15. The van der Waals surface area contributed by atoms with Gasteiger partial charge in [-0.2, -0.15) is 4.99 Å². The Bertz CT molecular complexity index is 723. The van der Waals surface area contributed by atoms with Gasteiger partial charge in [0, 0.05) is 12.5 Å². The highest BCUT2D eigenvalue weighted by Gasteiger charge is 2.30. The van der Waals surface area contributed by atoms with Crippen molar-refractivity contribution in [2.45, 2.75) is 57.9 Å². The van der Waals surface area contributed by atoms with E-state index in [-0.39, 0.29) is 17.4 Å². The van der Waals surface area contributed by atoms with Gasteiger partial charge >= 0.3 is 0 Å². The van der Waals surface area contributed by atoms with Crippen molar-refractivity contribution >= 4 is 17.6 Å². The summed E-state index contributed by atoms with van der Waals surface area (Å²) < 4.78 is 5.90. The Labute approximate surface area is 153 Å². The molecule has 0 spiro atoms. The molecule has 0 saturated heterocycles. The molecule has 0 bridgehead atoms. The van der Waals surface area contributed by atoms with Crippen LogP contribution in [0.15, 0.2) is 17.1 Å². The first-order valence-corrected chi connectivity index (χ1v) is 9.27. The van der Waals surface area contributed by atoms with Crippen LogP contribution < -0.4 is 15.8 Å². The van der Waals surface area contributed by atoms with E-state index in [0.717, 1.165) is 18.4 Å². The molecule has 2 fully saturated rings. The Morgan fingerprint density at radius 3 is 2.65 bits per heavy atom. The van der Waals surface area contributed by atoms with Gasteiger partial charge in [0.1, 0.15) is 11.5 Å². The lowest BCUT2D eigenvalue weighted by atomic mass is 10.1. The van der Waals surface area contributed by atoms with Crippen LogP contribution in [0.2, 0.25) is 0 Å². The lowest BCUT2D eigenvalue weighted by molar-refractivity contribution is -0.115. The number of pyridine rings is 1. The van der Waals surface area contributed by atoms with E-state index in [1.54, 1.807) is 6.07 Å². The predicted octanol–water partition coefficient (Wildman–Crippen LogP) is 2.16. The number of hydrogen-bond donors (Lipinski definition) is 2. The van der Waals surface area contributed by atoms with Crippen molar-refractivity contribution in [3.8, 4) is 5.88 Å². The molecule has 0 radical (unpaired) electrons. The molecule has 0 unspecified atom stereocenters. The number of rotatable bonds is 8. The van der Waals surface area contributed by atoms with E-state index >= 15 is 0 Å². The van der Waals surface area contributed by atoms with Crippen LogP contribution >= 0.6 is 0 Å². The van der Waals surface area contributed by atoms with E-state index < -0.39 is 11.9 Å². The van der Waals surface area contributed by atoms with Gasteiger partial charge in [-0.15, -0.1) is 0 Å². The molecule has 140 valence electrons. The largest absolute Gasteiger partial charge is 0.477 e. The first-order valence-electron chi connectivity index (χ1n) is 9.27. The number of nitrogens with two attached hydrogens (primary N) is 1. The fourth-order valence-corrected chi connectivity index (χ4v) is 2.76. The zero-order valence-corrected chi connectivity index (χ0v) is 15.3. The minimum absolute atomic E-state index is 0.105. The van der Waals surface area contributed by atoms with Gasteiger partial charge in [0.05, 0.1) is 12.6 Å². The zero-order chi connectivity index (χ0) is 18.7. The molecule has 2 amide bonds. The lowest BCUT2D eigenvalue weighted by Gasteiger charge is -2.17. The molecule has 0 aromatic carbocycles. The Hall–Kier alpha value is -2.44. The standard InChI is InChI=1S/C19H26N4O3/c1-3-15(17(20)21-11(2)24)22-18(25)16-9-8-14(13-6-7-13)19(23-16)26-10-12-4-5-12/h8-9,12-13,15H,3-7,10H2,1-2H3,(H,22,25)(H2,20,21,24)/t15-/m1/s1. The average molecular weight is 358 g/mol. The summed E-state index contributed by atoms with van der Waals surface area (Å²) in [6.45, 7) is 3.85. The summed E-state index contributed by atoms with van der Waals surface area (Å²) >= 11 is 0. The molecule has 7 heteroatoms. The van der Waals surface area contributed by atoms with Crippen molar-refractivity contribution in [1.82, 2.24) is 10.3 Å². The first kappa shape index (κ1) is 18.4. The average Bonchev–Trinajstić information content (AvgIpc) is 3.49. The molecule has 3 rings (SSSR count). The van der Waals surface area contributed by atoms with Gasteiger partial charge in [-0.05, 0) is 50.0 Å². The molecule has 0 aliphatic heterocycles. The van der Waals surface area contributed by atoms with Gasteiger partial charge in [-0.1, -0.05) is 13.0 Å². The van der Waals surface area contributed by atoms with Crippen molar-refractivity contribution in [3.05, 3.63) is 23.4 Å². The van der Waals surface area contributed by atoms with Crippen LogP contribution in [0.25, 0.3) is 0 Å². The highest BCUT2D eigenvalue weighted by atomic mass is 16.5. The van der Waals surface area contributed by atoms with Crippen molar-refractivity contribution in [3.63, 3.8) is 0 Å². The number of carbonyl (C=O) groups is 2. The molecule has 26 heavy (non-hydrogen) atoms. The number of amides is 2. The van der Waals surface area contributed by atoms with Crippen LogP contribution in [-0.2, 0) is 4.79 Å². The Kier molecular flexibility index (Phi) is 5.54. The van der Waals surface area contributed by atoms with Crippen LogP contribution in [0.3, 0.4) is 0 Å². The molecule has 2 saturated carbocycles. The van der Waals surface area contributed by atoms with E-state index in [0.29, 0.717) is 30.7 Å². The second-order valence-corrected chi connectivity index (χ2v) is 7.11. The second-order valence-electron chi connectivity index (χ2n) is 7.11. The maximum atomic E-state index is 12.6. The maximum Gasteiger partial charge on any atom is 0.270 e. The highest BCUT2D eigenvalue weighted by Crippen LogP contribution is 2.44. The van der Waals surface area contributed by atoms with Gasteiger partial charge in [0.15, 0.2) is 0 Å². The summed E-state index contributed by atoms with van der Waals surface area (Å²) in [5.41, 5.74) is 7.19. The number of aromatic nitrogens is 1. The van der Waals surface area contributed by atoms with Gasteiger partial charge in [0.2, 0.25) is 11.8 Å². The van der Waals surface area contributed by atoms with Gasteiger partial charge in [0.25, 0.3) is 5.91 Å². The molecular weight excluding hydrogens is 332 g/mol. The second kappa shape index (κ2) is 7.85. The van der Waals surface area contributed by atoms with E-state index in [1.165, 1.54) is 19.8 Å². The van der Waals surface area contributed by atoms with E-state index in [1.807, 2.05) is 13.0 Å². The van der Waals surface area contributed by atoms with Gasteiger partial charge < -0.3 is 15.8 Å². The fraction of sp³-hybridized carbons (Fsp3) is 0.579. The molecule has 1 aromatic heterocycles. The zero-order valence-electron chi connectivity index (χ0n) is 15.3. The number of aliphatic imine (C=N–C) groups is 1. The Morgan fingerprint density at radius 2 is 2.08 bits per heavy atom. The molecule has 3 N–H and O–H groups in total. The number of amidine groups is 1. The number of nitrogens with zero attached hydrogens (tertiary/aromatic N) is 2. The van der Waals surface area contributed by atoms with E-state index in [2.05, 4.69) is 15.3 Å². The molecular formula is C19H26N4O3. The third-order valence-corrected chi connectivity index (χ3v) is 4.65. The lowest BCUT2D eigenvalue weighted by Crippen LogP contribution is -2.44. The summed E-state index contributed by atoms with van der Waals surface area (Å²) in [4.78, 5) is 31.9. The van der Waals surface area contributed by atoms with E-state index in [9.17, 15) is 9.59 Å². The number of ether oxygens (including phenoxy) is 1. The maximum absolute atomic E-state index is 12.6. The third kappa shape index (κ3) is 4.80. The molecule has 1 heterocycles. The number of carbonyl (C=O) groups excluding carboxylic acids is 2. The van der Waals surface area contributed by atoms with Crippen molar-refractivity contribution < 1.29 is 14.3 Å². The molecule has 2 aliphatic rings. The van der Waals surface area contributed by atoms with E-state index in [4.69, 9.17) is 10.5 Å². The van der Waals surface area contributed by atoms with Crippen LogP contribution in [0, 0.1) is 5.92 Å². The van der Waals surface area contributed by atoms with Crippen molar-refractivity contribution in [2.24, 2.45) is 16.6 Å². The summed E-state index contributed by atoms with van der Waals surface area (Å²) in [6.07, 6.45) is 5.21. The summed E-state index contributed by atoms with van der Waals surface area (Å²) in [7, 11) is 0. The minimum atomic E-state index is -0.507. The molecule has 7 nitrogen and oxygen atoms in total. The molecule has 1 atom stereocenters. The highest BCUT2D eigenvalue weighted by molar-refractivity contribution is 6.00. The van der Waals surface area contributed by atoms with Crippen LogP contribution in [0.4, 0.5) is 0 Å². The smallest absolute Gasteiger partial charge is 0.270 e. The number of nitrogens with one attached hydrogen (secondary N) is 1. The number of hydrogen-bond acceptors (Lipinski definition) is 4. The predicted molar refractivity (Wildman–Crippen MR) is 98.3 cm³/mol. The van der Waals surface area contributed by atoms with Crippen LogP contribution in [0.1, 0.15) is 67.9 Å².